The Morgan fingerprint density at radius 1 is 1.32 bits per heavy atom. The quantitative estimate of drug-likeness (QED) is 0.875. The van der Waals surface area contributed by atoms with E-state index in [4.69, 9.17) is 0 Å². The zero-order chi connectivity index (χ0) is 13.2. The van der Waals surface area contributed by atoms with E-state index in [-0.39, 0.29) is 5.82 Å². The van der Waals surface area contributed by atoms with Crippen molar-refractivity contribution in [2.24, 2.45) is 5.92 Å². The van der Waals surface area contributed by atoms with Crippen LogP contribution >= 0.6 is 0 Å². The van der Waals surface area contributed by atoms with Crippen LogP contribution in [0.15, 0.2) is 18.2 Å². The van der Waals surface area contributed by atoms with E-state index in [1.54, 1.807) is 6.07 Å². The van der Waals surface area contributed by atoms with Crippen molar-refractivity contribution in [1.29, 1.82) is 0 Å². The Balaban J connectivity index is 1.77. The summed E-state index contributed by atoms with van der Waals surface area (Å²) in [6.45, 7) is 5.06. The normalized spacial score (nSPS) is 23.1. The van der Waals surface area contributed by atoms with Gasteiger partial charge in [-0.3, -0.25) is 0 Å². The lowest BCUT2D eigenvalue weighted by Gasteiger charge is -2.22. The van der Waals surface area contributed by atoms with Gasteiger partial charge in [0.25, 0.3) is 0 Å². The summed E-state index contributed by atoms with van der Waals surface area (Å²) in [5.74, 6) is 0.707. The number of rotatable bonds is 5. The lowest BCUT2D eigenvalue weighted by molar-refractivity contribution is 0.567. The fourth-order valence-corrected chi connectivity index (χ4v) is 2.94. The third-order valence-electron chi connectivity index (χ3n) is 4.44. The smallest absolute Gasteiger partial charge is 0.129 e. The highest BCUT2D eigenvalue weighted by atomic mass is 19.1. The molecule has 1 aromatic carbocycles. The Hall–Kier alpha value is -1.09. The van der Waals surface area contributed by atoms with Crippen LogP contribution in [0, 0.1) is 11.7 Å². The zero-order valence-electron chi connectivity index (χ0n) is 11.7. The summed E-state index contributed by atoms with van der Waals surface area (Å²) >= 11 is 0. The third kappa shape index (κ3) is 2.92. The minimum absolute atomic E-state index is 0.0643. The van der Waals surface area contributed by atoms with Crippen molar-refractivity contribution in [1.82, 2.24) is 5.32 Å². The van der Waals surface area contributed by atoms with Gasteiger partial charge in [-0.1, -0.05) is 19.4 Å². The SMILES string of the molecule is CCC1CCN(c2cccc(F)c2CNC2CC2)C1. The fraction of sp³-hybridized carbons (Fsp3) is 0.625. The highest BCUT2D eigenvalue weighted by Crippen LogP contribution is 2.30. The minimum Gasteiger partial charge on any atom is -0.371 e. The number of nitrogens with one attached hydrogen (secondary N) is 1. The summed E-state index contributed by atoms with van der Waals surface area (Å²) in [4.78, 5) is 2.36. The first kappa shape index (κ1) is 12.9. The van der Waals surface area contributed by atoms with E-state index in [9.17, 15) is 4.39 Å². The van der Waals surface area contributed by atoms with E-state index in [0.717, 1.165) is 30.3 Å². The Bertz CT molecular complexity index is 442. The van der Waals surface area contributed by atoms with E-state index in [1.165, 1.54) is 25.7 Å². The summed E-state index contributed by atoms with van der Waals surface area (Å²) in [5, 5.41) is 3.44. The van der Waals surface area contributed by atoms with E-state index in [2.05, 4.69) is 23.2 Å². The number of hydrogen-bond donors (Lipinski definition) is 1. The van der Waals surface area contributed by atoms with E-state index >= 15 is 0 Å². The minimum atomic E-state index is -0.0643. The summed E-state index contributed by atoms with van der Waals surface area (Å²) < 4.78 is 14.1. The van der Waals surface area contributed by atoms with Gasteiger partial charge in [-0.25, -0.2) is 4.39 Å². The first-order valence-electron chi connectivity index (χ1n) is 7.53. The maximum Gasteiger partial charge on any atom is 0.129 e. The molecule has 3 heteroatoms. The Morgan fingerprint density at radius 2 is 2.16 bits per heavy atom. The van der Waals surface area contributed by atoms with Crippen LogP contribution < -0.4 is 10.2 Å². The predicted octanol–water partition coefficient (Wildman–Crippen LogP) is 3.31. The van der Waals surface area contributed by atoms with Crippen LogP contribution in [0.1, 0.15) is 38.2 Å². The predicted molar refractivity (Wildman–Crippen MR) is 76.9 cm³/mol. The van der Waals surface area contributed by atoms with Gasteiger partial charge in [-0.15, -0.1) is 0 Å². The summed E-state index contributed by atoms with van der Waals surface area (Å²) in [6, 6.07) is 6.12. The molecule has 1 heterocycles. The topological polar surface area (TPSA) is 15.3 Å². The average molecular weight is 262 g/mol. The van der Waals surface area contributed by atoms with Gasteiger partial charge in [0.05, 0.1) is 0 Å². The second-order valence-electron chi connectivity index (χ2n) is 5.90. The van der Waals surface area contributed by atoms with Crippen molar-refractivity contribution in [3.8, 4) is 0 Å². The number of nitrogens with zero attached hydrogens (tertiary/aromatic N) is 1. The van der Waals surface area contributed by atoms with Crippen molar-refractivity contribution in [3.05, 3.63) is 29.6 Å². The van der Waals surface area contributed by atoms with Crippen LogP contribution in [0.2, 0.25) is 0 Å². The van der Waals surface area contributed by atoms with E-state index in [0.29, 0.717) is 12.6 Å². The number of anilines is 1. The molecule has 3 rings (SSSR count). The number of hydrogen-bond acceptors (Lipinski definition) is 2. The fourth-order valence-electron chi connectivity index (χ4n) is 2.94. The molecule has 19 heavy (non-hydrogen) atoms. The van der Waals surface area contributed by atoms with Crippen LogP contribution in [-0.4, -0.2) is 19.1 Å². The van der Waals surface area contributed by atoms with E-state index in [1.807, 2.05) is 6.07 Å². The van der Waals surface area contributed by atoms with E-state index < -0.39 is 0 Å². The molecule has 1 aliphatic heterocycles. The lowest BCUT2D eigenvalue weighted by Crippen LogP contribution is -2.24. The molecule has 1 N–H and O–H groups in total. The molecule has 0 spiro atoms. The molecular weight excluding hydrogens is 239 g/mol. The van der Waals surface area contributed by atoms with Gasteiger partial charge >= 0.3 is 0 Å². The van der Waals surface area contributed by atoms with Gasteiger partial charge in [0.2, 0.25) is 0 Å². The molecule has 0 radical (unpaired) electrons. The molecule has 1 unspecified atom stereocenters. The highest BCUT2D eigenvalue weighted by molar-refractivity contribution is 5.55. The number of halogens is 1. The molecule has 1 atom stereocenters. The molecule has 1 saturated carbocycles. The summed E-state index contributed by atoms with van der Waals surface area (Å²) in [7, 11) is 0. The first-order chi connectivity index (χ1) is 9.28. The molecule has 1 aliphatic carbocycles. The first-order valence-corrected chi connectivity index (χ1v) is 7.53. The van der Waals surface area contributed by atoms with Gasteiger partial charge in [0, 0.05) is 36.9 Å². The Morgan fingerprint density at radius 3 is 2.84 bits per heavy atom. The Kier molecular flexibility index (Phi) is 3.74. The summed E-state index contributed by atoms with van der Waals surface area (Å²) in [5.41, 5.74) is 1.95. The zero-order valence-corrected chi connectivity index (χ0v) is 11.7. The maximum atomic E-state index is 14.1. The highest BCUT2D eigenvalue weighted by Gasteiger charge is 2.25. The van der Waals surface area contributed by atoms with Crippen LogP contribution in [0.4, 0.5) is 10.1 Å². The van der Waals surface area contributed by atoms with Gasteiger partial charge in [0.1, 0.15) is 5.82 Å². The second kappa shape index (κ2) is 5.49. The van der Waals surface area contributed by atoms with Crippen LogP contribution in [-0.2, 0) is 6.54 Å². The van der Waals surface area contributed by atoms with Crippen LogP contribution in [0.3, 0.4) is 0 Å². The van der Waals surface area contributed by atoms with Gasteiger partial charge in [-0.2, -0.15) is 0 Å². The molecule has 0 aromatic heterocycles. The molecule has 104 valence electrons. The van der Waals surface area contributed by atoms with Crippen LogP contribution in [0.5, 0.6) is 0 Å². The van der Waals surface area contributed by atoms with Crippen molar-refractivity contribution in [2.45, 2.75) is 45.2 Å². The molecule has 0 amide bonds. The van der Waals surface area contributed by atoms with Crippen LogP contribution in [0.25, 0.3) is 0 Å². The summed E-state index contributed by atoms with van der Waals surface area (Å²) in [6.07, 6.45) is 4.95. The molecule has 1 saturated heterocycles. The molecular formula is C16H23FN2. The molecule has 0 bridgehead atoms. The van der Waals surface area contributed by atoms with Crippen molar-refractivity contribution in [2.75, 3.05) is 18.0 Å². The monoisotopic (exact) mass is 262 g/mol. The maximum absolute atomic E-state index is 14.1. The largest absolute Gasteiger partial charge is 0.371 e. The van der Waals surface area contributed by atoms with Gasteiger partial charge < -0.3 is 10.2 Å². The molecule has 1 aromatic rings. The van der Waals surface area contributed by atoms with Gasteiger partial charge in [-0.05, 0) is 37.3 Å². The standard InChI is InChI=1S/C16H23FN2/c1-2-12-8-9-19(11-12)16-5-3-4-15(17)14(16)10-18-13-6-7-13/h3-5,12-13,18H,2,6-11H2,1H3. The third-order valence-corrected chi connectivity index (χ3v) is 4.44. The molecule has 2 fully saturated rings. The van der Waals surface area contributed by atoms with Crippen molar-refractivity contribution < 1.29 is 4.39 Å². The average Bonchev–Trinajstić information content (AvgIpc) is 3.12. The second-order valence-corrected chi connectivity index (χ2v) is 5.90. The Labute approximate surface area is 115 Å². The van der Waals surface area contributed by atoms with Gasteiger partial charge in [0.15, 0.2) is 0 Å². The number of benzene rings is 1. The lowest BCUT2D eigenvalue weighted by atomic mass is 10.1. The van der Waals surface area contributed by atoms with Crippen molar-refractivity contribution >= 4 is 5.69 Å². The molecule has 2 aliphatic rings. The van der Waals surface area contributed by atoms with Crippen molar-refractivity contribution in [3.63, 3.8) is 0 Å². The molecule has 2 nitrogen and oxygen atoms in total.